The largest absolute Gasteiger partial charge is 0.390 e. The Bertz CT molecular complexity index is 949. The average Bonchev–Trinajstić information content (AvgIpc) is 2.73. The molecule has 2 aliphatic rings. The summed E-state index contributed by atoms with van der Waals surface area (Å²) in [5.74, 6) is 0.121. The summed E-state index contributed by atoms with van der Waals surface area (Å²) < 4.78 is 38.4. The van der Waals surface area contributed by atoms with Gasteiger partial charge in [0, 0.05) is 11.8 Å². The maximum absolute atomic E-state index is 12.8. The molecule has 2 aromatic carbocycles. The molecule has 1 N–H and O–H groups in total. The summed E-state index contributed by atoms with van der Waals surface area (Å²) >= 11 is 0. The number of hydrogen-bond donors (Lipinski definition) is 1. The van der Waals surface area contributed by atoms with Gasteiger partial charge in [0.2, 0.25) is 0 Å². The van der Waals surface area contributed by atoms with Gasteiger partial charge in [0.25, 0.3) is 0 Å². The van der Waals surface area contributed by atoms with E-state index in [1.165, 1.54) is 16.7 Å². The zero-order valence-electron chi connectivity index (χ0n) is 16.9. The highest BCUT2D eigenvalue weighted by Crippen LogP contribution is 2.55. The van der Waals surface area contributed by atoms with E-state index in [1.54, 1.807) is 0 Å². The molecule has 0 amide bonds. The number of benzene rings is 2. The molecule has 0 radical (unpaired) electrons. The Labute approximate surface area is 175 Å². The predicted molar refractivity (Wildman–Crippen MR) is 110 cm³/mol. The first kappa shape index (κ1) is 20.9. The maximum Gasteiger partial charge on any atom is 0.389 e. The fraction of sp³-hybridized carbons (Fsp3) is 0.480. The van der Waals surface area contributed by atoms with Crippen LogP contribution in [0.25, 0.3) is 4.85 Å². The Hall–Kier alpha value is -2.32. The molecule has 30 heavy (non-hydrogen) atoms. The second kappa shape index (κ2) is 7.74. The fourth-order valence-electron chi connectivity index (χ4n) is 5.71. The third-order valence-electron chi connectivity index (χ3n) is 7.20. The minimum Gasteiger partial charge on any atom is -0.390 e. The van der Waals surface area contributed by atoms with E-state index in [0.29, 0.717) is 24.9 Å². The summed E-state index contributed by atoms with van der Waals surface area (Å²) in [5.41, 5.74) is 2.75. The third kappa shape index (κ3) is 4.11. The summed E-state index contributed by atoms with van der Waals surface area (Å²) in [4.78, 5) is 3.56. The van der Waals surface area contributed by atoms with Crippen molar-refractivity contribution in [1.29, 1.82) is 0 Å². The van der Waals surface area contributed by atoms with Gasteiger partial charge < -0.3 is 5.11 Å². The first-order valence-corrected chi connectivity index (χ1v) is 10.6. The van der Waals surface area contributed by atoms with Gasteiger partial charge in [-0.05, 0) is 62.0 Å². The Morgan fingerprint density at radius 3 is 2.57 bits per heavy atom. The van der Waals surface area contributed by atoms with E-state index >= 15 is 0 Å². The summed E-state index contributed by atoms with van der Waals surface area (Å²) in [6, 6.07) is 16.1. The standard InChI is InChI=1S/C25H26F3NO/c1-29-21-9-10-22-19(15-21)7-8-20-17-23(30,12-14-25(26,27)28)11-13-24(20,22)16-18-5-3-2-4-6-18/h2-6,9-10,15,20,30H,7-8,11-14,16-17H2/t20-,23+,24+/m1/s1. The highest BCUT2D eigenvalue weighted by Gasteiger charge is 2.52. The molecule has 2 nitrogen and oxygen atoms in total. The van der Waals surface area contributed by atoms with Crippen LogP contribution in [-0.2, 0) is 18.3 Å². The Morgan fingerprint density at radius 2 is 1.87 bits per heavy atom. The quantitative estimate of drug-likeness (QED) is 0.566. The molecule has 0 unspecified atom stereocenters. The molecule has 2 aliphatic carbocycles. The summed E-state index contributed by atoms with van der Waals surface area (Å²) in [5, 5.41) is 11.0. The van der Waals surface area contributed by atoms with Gasteiger partial charge in [0.1, 0.15) is 0 Å². The maximum atomic E-state index is 12.8. The number of aliphatic hydroxyl groups is 1. The zero-order valence-corrected chi connectivity index (χ0v) is 16.9. The average molecular weight is 413 g/mol. The van der Waals surface area contributed by atoms with E-state index in [1.807, 2.05) is 30.3 Å². The number of hydrogen-bond acceptors (Lipinski definition) is 1. The van der Waals surface area contributed by atoms with Crippen LogP contribution in [-0.4, -0.2) is 16.9 Å². The highest BCUT2D eigenvalue weighted by atomic mass is 19.4. The van der Waals surface area contributed by atoms with Gasteiger partial charge in [-0.15, -0.1) is 0 Å². The SMILES string of the molecule is [C-]#[N+]c1ccc2c(c1)CC[C@@H]1C[C@@](O)(CCC(F)(F)F)CC[C@@]21Cc1ccccc1. The molecule has 0 bridgehead atoms. The molecular weight excluding hydrogens is 387 g/mol. The molecule has 1 saturated carbocycles. The van der Waals surface area contributed by atoms with Crippen molar-refractivity contribution in [3.63, 3.8) is 0 Å². The van der Waals surface area contributed by atoms with Gasteiger partial charge in [-0.25, -0.2) is 4.85 Å². The monoisotopic (exact) mass is 413 g/mol. The van der Waals surface area contributed by atoms with Crippen LogP contribution in [0.15, 0.2) is 48.5 Å². The molecular formula is C25H26F3NO. The van der Waals surface area contributed by atoms with Crippen LogP contribution in [0.3, 0.4) is 0 Å². The number of aryl methyl sites for hydroxylation is 1. The van der Waals surface area contributed by atoms with Gasteiger partial charge >= 0.3 is 6.18 Å². The minimum atomic E-state index is -4.25. The Balaban J connectivity index is 1.69. The van der Waals surface area contributed by atoms with E-state index in [-0.39, 0.29) is 17.8 Å². The molecule has 3 atom stereocenters. The Kier molecular flexibility index (Phi) is 5.40. The van der Waals surface area contributed by atoms with E-state index < -0.39 is 18.2 Å². The summed E-state index contributed by atoms with van der Waals surface area (Å²) in [7, 11) is 0. The van der Waals surface area contributed by atoms with E-state index in [2.05, 4.69) is 23.0 Å². The second-order valence-corrected chi connectivity index (χ2v) is 9.05. The van der Waals surface area contributed by atoms with Crippen LogP contribution < -0.4 is 0 Å². The predicted octanol–water partition coefficient (Wildman–Crippen LogP) is 6.54. The smallest absolute Gasteiger partial charge is 0.389 e. The molecule has 0 saturated heterocycles. The molecule has 0 aromatic heterocycles. The number of halogens is 3. The lowest BCUT2D eigenvalue weighted by atomic mass is 9.52. The van der Waals surface area contributed by atoms with Gasteiger partial charge in [0.05, 0.1) is 12.2 Å². The van der Waals surface area contributed by atoms with Crippen LogP contribution in [0, 0.1) is 12.5 Å². The van der Waals surface area contributed by atoms with Crippen molar-refractivity contribution in [1.82, 2.24) is 0 Å². The first-order chi connectivity index (χ1) is 14.2. The third-order valence-corrected chi connectivity index (χ3v) is 7.20. The molecule has 5 heteroatoms. The normalized spacial score (nSPS) is 28.3. The molecule has 0 aliphatic heterocycles. The lowest BCUT2D eigenvalue weighted by Gasteiger charge is -2.53. The van der Waals surface area contributed by atoms with Crippen LogP contribution in [0.2, 0.25) is 0 Å². The topological polar surface area (TPSA) is 24.6 Å². The van der Waals surface area contributed by atoms with Crippen LogP contribution in [0.1, 0.15) is 55.2 Å². The van der Waals surface area contributed by atoms with E-state index in [9.17, 15) is 18.3 Å². The summed E-state index contributed by atoms with van der Waals surface area (Å²) in [6.07, 6.45) is -1.54. The number of nitrogens with zero attached hydrogens (tertiary/aromatic N) is 1. The van der Waals surface area contributed by atoms with Crippen molar-refractivity contribution in [3.8, 4) is 0 Å². The van der Waals surface area contributed by atoms with Crippen molar-refractivity contribution >= 4 is 5.69 Å². The van der Waals surface area contributed by atoms with Crippen molar-refractivity contribution in [2.24, 2.45) is 5.92 Å². The van der Waals surface area contributed by atoms with Crippen molar-refractivity contribution in [3.05, 3.63) is 76.6 Å². The molecule has 1 fully saturated rings. The van der Waals surface area contributed by atoms with E-state index in [4.69, 9.17) is 6.57 Å². The lowest BCUT2D eigenvalue weighted by Crippen LogP contribution is -2.51. The molecule has 2 aromatic rings. The van der Waals surface area contributed by atoms with Crippen LogP contribution in [0.4, 0.5) is 18.9 Å². The summed E-state index contributed by atoms with van der Waals surface area (Å²) in [6.45, 7) is 7.32. The molecule has 158 valence electrons. The van der Waals surface area contributed by atoms with Gasteiger partial charge in [-0.1, -0.05) is 54.1 Å². The molecule has 4 rings (SSSR count). The van der Waals surface area contributed by atoms with Crippen LogP contribution >= 0.6 is 0 Å². The number of rotatable bonds is 4. The first-order valence-electron chi connectivity index (χ1n) is 10.6. The van der Waals surface area contributed by atoms with E-state index in [0.717, 1.165) is 19.3 Å². The Morgan fingerprint density at radius 1 is 1.10 bits per heavy atom. The molecule has 0 spiro atoms. The van der Waals surface area contributed by atoms with Gasteiger partial charge in [0.15, 0.2) is 5.69 Å². The lowest BCUT2D eigenvalue weighted by molar-refractivity contribution is -0.153. The minimum absolute atomic E-state index is 0.121. The van der Waals surface area contributed by atoms with Crippen molar-refractivity contribution < 1.29 is 18.3 Å². The second-order valence-electron chi connectivity index (χ2n) is 9.05. The van der Waals surface area contributed by atoms with Crippen LogP contribution in [0.5, 0.6) is 0 Å². The number of alkyl halides is 3. The fourth-order valence-corrected chi connectivity index (χ4v) is 5.71. The number of fused-ring (bicyclic) bond motifs is 3. The van der Waals surface area contributed by atoms with Gasteiger partial charge in [-0.3, -0.25) is 0 Å². The molecule has 0 heterocycles. The zero-order chi connectivity index (χ0) is 21.4. The van der Waals surface area contributed by atoms with Crippen molar-refractivity contribution in [2.45, 2.75) is 68.6 Å². The van der Waals surface area contributed by atoms with Gasteiger partial charge in [-0.2, -0.15) is 13.2 Å². The van der Waals surface area contributed by atoms with Crippen molar-refractivity contribution in [2.75, 3.05) is 0 Å². The highest BCUT2D eigenvalue weighted by molar-refractivity contribution is 5.53.